The number of hydrogen-bond acceptors (Lipinski definition) is 2. The normalized spacial score (nSPS) is 21.3. The van der Waals surface area contributed by atoms with Crippen molar-refractivity contribution < 1.29 is 4.79 Å². The second kappa shape index (κ2) is 7.19. The molecule has 18 heavy (non-hydrogen) atoms. The lowest BCUT2D eigenvalue weighted by Crippen LogP contribution is -2.37. The molecule has 1 aliphatic rings. The van der Waals surface area contributed by atoms with Crippen LogP contribution in [0.5, 0.6) is 0 Å². The van der Waals surface area contributed by atoms with Crippen LogP contribution in [0.3, 0.4) is 0 Å². The van der Waals surface area contributed by atoms with Crippen molar-refractivity contribution in [2.45, 2.75) is 30.6 Å². The number of carbonyl (C=O) groups excluding carboxylic acids is 1. The predicted molar refractivity (Wildman–Crippen MR) is 81.2 cm³/mol. The van der Waals surface area contributed by atoms with E-state index in [1.807, 2.05) is 18.2 Å². The minimum Gasteiger partial charge on any atom is -0.347 e. The standard InChI is InChI=1S/C14H18BrNOS/c15-10-12(11-6-2-1-3-7-11)16-14(17)13-8-4-5-9-18-13/h1-3,6-7,12-13H,4-5,8-10H2,(H,16,17). The van der Waals surface area contributed by atoms with Crippen molar-refractivity contribution in [1.82, 2.24) is 5.32 Å². The highest BCUT2D eigenvalue weighted by Crippen LogP contribution is 2.26. The molecule has 2 nitrogen and oxygen atoms in total. The van der Waals surface area contributed by atoms with Gasteiger partial charge in [-0.1, -0.05) is 52.7 Å². The van der Waals surface area contributed by atoms with Crippen molar-refractivity contribution in [3.63, 3.8) is 0 Å². The molecule has 1 fully saturated rings. The van der Waals surface area contributed by atoms with Gasteiger partial charge >= 0.3 is 0 Å². The molecule has 1 saturated heterocycles. The van der Waals surface area contributed by atoms with Crippen LogP contribution in [0.1, 0.15) is 30.9 Å². The molecule has 2 rings (SSSR count). The van der Waals surface area contributed by atoms with Gasteiger partial charge in [0.15, 0.2) is 0 Å². The van der Waals surface area contributed by atoms with Gasteiger partial charge in [0.1, 0.15) is 0 Å². The van der Waals surface area contributed by atoms with Gasteiger partial charge in [-0.25, -0.2) is 0 Å². The molecule has 0 radical (unpaired) electrons. The fourth-order valence-electron chi connectivity index (χ4n) is 2.11. The third-order valence-corrected chi connectivity index (χ3v) is 5.17. The van der Waals surface area contributed by atoms with Crippen LogP contribution in [0, 0.1) is 0 Å². The summed E-state index contributed by atoms with van der Waals surface area (Å²) in [4.78, 5) is 12.2. The molecule has 0 aliphatic carbocycles. The van der Waals surface area contributed by atoms with E-state index in [0.717, 1.165) is 23.1 Å². The second-order valence-electron chi connectivity index (χ2n) is 4.48. The summed E-state index contributed by atoms with van der Waals surface area (Å²) in [6.07, 6.45) is 3.44. The maximum Gasteiger partial charge on any atom is 0.233 e. The Morgan fingerprint density at radius 1 is 1.39 bits per heavy atom. The number of rotatable bonds is 4. The lowest BCUT2D eigenvalue weighted by atomic mass is 10.1. The van der Waals surface area contributed by atoms with Crippen LogP contribution >= 0.6 is 27.7 Å². The van der Waals surface area contributed by atoms with Crippen molar-refractivity contribution in [3.05, 3.63) is 35.9 Å². The molecule has 0 bridgehead atoms. The average molecular weight is 328 g/mol. The lowest BCUT2D eigenvalue weighted by Gasteiger charge is -2.24. The van der Waals surface area contributed by atoms with Gasteiger partial charge in [0.2, 0.25) is 5.91 Å². The SMILES string of the molecule is O=C(NC(CBr)c1ccccc1)C1CCCCS1. The number of nitrogens with one attached hydrogen (secondary N) is 1. The Balaban J connectivity index is 1.95. The number of alkyl halides is 1. The van der Waals surface area contributed by atoms with E-state index in [4.69, 9.17) is 0 Å². The molecular formula is C14H18BrNOS. The van der Waals surface area contributed by atoms with E-state index in [-0.39, 0.29) is 17.2 Å². The van der Waals surface area contributed by atoms with Gasteiger partial charge in [0.25, 0.3) is 0 Å². The quantitative estimate of drug-likeness (QED) is 0.857. The number of hydrogen-bond donors (Lipinski definition) is 1. The van der Waals surface area contributed by atoms with Crippen molar-refractivity contribution in [2.24, 2.45) is 0 Å². The van der Waals surface area contributed by atoms with Gasteiger partial charge in [-0.05, 0) is 24.2 Å². The van der Waals surface area contributed by atoms with E-state index >= 15 is 0 Å². The first kappa shape index (κ1) is 13.9. The molecule has 2 unspecified atom stereocenters. The van der Waals surface area contributed by atoms with Gasteiger partial charge in [-0.15, -0.1) is 11.8 Å². The Bertz CT molecular complexity index is 379. The minimum absolute atomic E-state index is 0.0706. The number of halogens is 1. The topological polar surface area (TPSA) is 29.1 Å². The molecule has 1 amide bonds. The number of amides is 1. The van der Waals surface area contributed by atoms with Crippen LogP contribution in [0.15, 0.2) is 30.3 Å². The summed E-state index contributed by atoms with van der Waals surface area (Å²) in [6.45, 7) is 0. The summed E-state index contributed by atoms with van der Waals surface area (Å²) in [5.74, 6) is 1.30. The summed E-state index contributed by atoms with van der Waals surface area (Å²) >= 11 is 5.28. The van der Waals surface area contributed by atoms with Crippen molar-refractivity contribution in [1.29, 1.82) is 0 Å². The van der Waals surface area contributed by atoms with E-state index in [1.54, 1.807) is 11.8 Å². The van der Waals surface area contributed by atoms with Crippen LogP contribution in [0.25, 0.3) is 0 Å². The van der Waals surface area contributed by atoms with Crippen molar-refractivity contribution in [2.75, 3.05) is 11.1 Å². The molecule has 1 aromatic carbocycles. The monoisotopic (exact) mass is 327 g/mol. The fraction of sp³-hybridized carbons (Fsp3) is 0.500. The van der Waals surface area contributed by atoms with Crippen LogP contribution in [-0.4, -0.2) is 22.2 Å². The maximum absolute atomic E-state index is 12.2. The first-order valence-corrected chi connectivity index (χ1v) is 8.51. The predicted octanol–water partition coefficient (Wildman–Crippen LogP) is 3.52. The summed E-state index contributed by atoms with van der Waals surface area (Å²) in [5.41, 5.74) is 1.16. The summed E-state index contributed by atoms with van der Waals surface area (Å²) in [7, 11) is 0. The Labute approximate surface area is 121 Å². The zero-order valence-corrected chi connectivity index (χ0v) is 12.7. The molecule has 1 heterocycles. The van der Waals surface area contributed by atoms with Gasteiger partial charge in [-0.3, -0.25) is 4.79 Å². The first-order chi connectivity index (χ1) is 8.81. The highest BCUT2D eigenvalue weighted by molar-refractivity contribution is 9.09. The summed E-state index contributed by atoms with van der Waals surface area (Å²) in [6, 6.07) is 10.2. The van der Waals surface area contributed by atoms with Crippen LogP contribution < -0.4 is 5.32 Å². The smallest absolute Gasteiger partial charge is 0.233 e. The first-order valence-electron chi connectivity index (χ1n) is 6.34. The molecule has 1 N–H and O–H groups in total. The Morgan fingerprint density at radius 2 is 2.17 bits per heavy atom. The van der Waals surface area contributed by atoms with E-state index in [0.29, 0.717) is 0 Å². The van der Waals surface area contributed by atoms with E-state index in [9.17, 15) is 4.79 Å². The molecule has 1 aromatic rings. The molecule has 2 atom stereocenters. The van der Waals surface area contributed by atoms with Gasteiger partial charge < -0.3 is 5.32 Å². The van der Waals surface area contributed by atoms with Gasteiger partial charge in [0.05, 0.1) is 11.3 Å². The number of benzene rings is 1. The third kappa shape index (κ3) is 3.75. The van der Waals surface area contributed by atoms with E-state index < -0.39 is 0 Å². The minimum atomic E-state index is 0.0706. The Kier molecular flexibility index (Phi) is 5.57. The molecule has 1 aliphatic heterocycles. The molecule has 0 saturated carbocycles. The highest BCUT2D eigenvalue weighted by Gasteiger charge is 2.24. The molecule has 4 heteroatoms. The van der Waals surface area contributed by atoms with Crippen LogP contribution in [-0.2, 0) is 4.79 Å². The Morgan fingerprint density at radius 3 is 2.78 bits per heavy atom. The van der Waals surface area contributed by atoms with E-state index in [1.165, 1.54) is 12.8 Å². The lowest BCUT2D eigenvalue weighted by molar-refractivity contribution is -0.121. The van der Waals surface area contributed by atoms with Gasteiger partial charge in [-0.2, -0.15) is 0 Å². The maximum atomic E-state index is 12.2. The Hall–Kier alpha value is -0.480. The third-order valence-electron chi connectivity index (χ3n) is 3.14. The zero-order chi connectivity index (χ0) is 12.8. The number of carbonyl (C=O) groups is 1. The summed E-state index contributed by atoms with van der Waals surface area (Å²) in [5, 5.41) is 4.04. The molecular weight excluding hydrogens is 310 g/mol. The molecule has 98 valence electrons. The van der Waals surface area contributed by atoms with Crippen molar-refractivity contribution in [3.8, 4) is 0 Å². The van der Waals surface area contributed by atoms with E-state index in [2.05, 4.69) is 33.4 Å². The number of thioether (sulfide) groups is 1. The summed E-state index contributed by atoms with van der Waals surface area (Å²) < 4.78 is 0. The molecule has 0 aromatic heterocycles. The molecule has 0 spiro atoms. The average Bonchev–Trinajstić information content (AvgIpc) is 2.46. The second-order valence-corrected chi connectivity index (χ2v) is 6.44. The zero-order valence-electron chi connectivity index (χ0n) is 10.3. The highest BCUT2D eigenvalue weighted by atomic mass is 79.9. The fourth-order valence-corrected chi connectivity index (χ4v) is 3.85. The van der Waals surface area contributed by atoms with Crippen LogP contribution in [0.2, 0.25) is 0 Å². The van der Waals surface area contributed by atoms with Crippen molar-refractivity contribution >= 4 is 33.6 Å². The largest absolute Gasteiger partial charge is 0.347 e. The van der Waals surface area contributed by atoms with Crippen LogP contribution in [0.4, 0.5) is 0 Å². The van der Waals surface area contributed by atoms with Gasteiger partial charge in [0, 0.05) is 5.33 Å².